The summed E-state index contributed by atoms with van der Waals surface area (Å²) in [5, 5.41) is 0. The Morgan fingerprint density at radius 2 is 2.00 bits per heavy atom. The van der Waals surface area contributed by atoms with Crippen molar-refractivity contribution in [3.63, 3.8) is 0 Å². The van der Waals surface area contributed by atoms with Gasteiger partial charge in [0.1, 0.15) is 11.6 Å². The number of pyridine rings is 1. The summed E-state index contributed by atoms with van der Waals surface area (Å²) in [4.78, 5) is 3.95. The van der Waals surface area contributed by atoms with Crippen molar-refractivity contribution < 1.29 is 4.39 Å². The summed E-state index contributed by atoms with van der Waals surface area (Å²) in [6.45, 7) is 0. The summed E-state index contributed by atoms with van der Waals surface area (Å²) in [5.74, 6) is -0.0507. The first-order chi connectivity index (χ1) is 8.11. The lowest BCUT2D eigenvalue weighted by molar-refractivity contribution is 0.598. The molecule has 1 aromatic heterocycles. The van der Waals surface area contributed by atoms with Crippen LogP contribution in [0.2, 0.25) is 0 Å². The Balaban J connectivity index is 2.51. The SMILES string of the molecule is Nc1ncccc1C(N)c1c(F)cccc1Br. The molecule has 0 aliphatic carbocycles. The zero-order chi connectivity index (χ0) is 12.4. The van der Waals surface area contributed by atoms with Gasteiger partial charge in [-0.05, 0) is 18.2 Å². The average molecular weight is 296 g/mol. The first kappa shape index (κ1) is 12.0. The van der Waals surface area contributed by atoms with Crippen LogP contribution < -0.4 is 11.5 Å². The lowest BCUT2D eigenvalue weighted by atomic mass is 10.00. The molecule has 0 amide bonds. The molecule has 0 spiro atoms. The average Bonchev–Trinajstić information content (AvgIpc) is 2.29. The van der Waals surface area contributed by atoms with E-state index in [-0.39, 0.29) is 5.82 Å². The number of nitrogens with zero attached hydrogens (tertiary/aromatic N) is 1. The molecule has 0 radical (unpaired) electrons. The first-order valence-corrected chi connectivity index (χ1v) is 5.80. The maximum absolute atomic E-state index is 13.7. The van der Waals surface area contributed by atoms with Crippen LogP contribution in [0.3, 0.4) is 0 Å². The summed E-state index contributed by atoms with van der Waals surface area (Å²) >= 11 is 3.29. The van der Waals surface area contributed by atoms with Crippen LogP contribution in [0.5, 0.6) is 0 Å². The van der Waals surface area contributed by atoms with Gasteiger partial charge in [0, 0.05) is 21.8 Å². The second kappa shape index (κ2) is 4.81. The van der Waals surface area contributed by atoms with Crippen LogP contribution in [-0.2, 0) is 0 Å². The largest absolute Gasteiger partial charge is 0.383 e. The van der Waals surface area contributed by atoms with Crippen LogP contribution in [-0.4, -0.2) is 4.98 Å². The van der Waals surface area contributed by atoms with Crippen molar-refractivity contribution in [3.05, 3.63) is 57.9 Å². The highest BCUT2D eigenvalue weighted by atomic mass is 79.9. The number of halogens is 2. The van der Waals surface area contributed by atoms with Crippen molar-refractivity contribution in [1.29, 1.82) is 0 Å². The minimum absolute atomic E-state index is 0.315. The number of hydrogen-bond acceptors (Lipinski definition) is 3. The van der Waals surface area contributed by atoms with Crippen LogP contribution in [0, 0.1) is 5.82 Å². The number of hydrogen-bond donors (Lipinski definition) is 2. The Morgan fingerprint density at radius 1 is 1.24 bits per heavy atom. The predicted octanol–water partition coefficient (Wildman–Crippen LogP) is 2.61. The Morgan fingerprint density at radius 3 is 2.65 bits per heavy atom. The van der Waals surface area contributed by atoms with Gasteiger partial charge in [0.05, 0.1) is 6.04 Å². The lowest BCUT2D eigenvalue weighted by Gasteiger charge is -2.16. The summed E-state index contributed by atoms with van der Waals surface area (Å²) in [7, 11) is 0. The van der Waals surface area contributed by atoms with Crippen molar-refractivity contribution in [2.24, 2.45) is 5.73 Å². The highest BCUT2D eigenvalue weighted by Gasteiger charge is 2.18. The molecule has 0 aliphatic heterocycles. The van der Waals surface area contributed by atoms with Gasteiger partial charge >= 0.3 is 0 Å². The van der Waals surface area contributed by atoms with Crippen molar-refractivity contribution in [2.45, 2.75) is 6.04 Å². The topological polar surface area (TPSA) is 64.9 Å². The third kappa shape index (κ3) is 2.30. The van der Waals surface area contributed by atoms with E-state index in [1.165, 1.54) is 6.07 Å². The van der Waals surface area contributed by atoms with E-state index in [1.54, 1.807) is 30.5 Å². The Hall–Kier alpha value is -1.46. The van der Waals surface area contributed by atoms with E-state index in [0.717, 1.165) is 0 Å². The van der Waals surface area contributed by atoms with Crippen LogP contribution in [0.15, 0.2) is 41.0 Å². The fourth-order valence-corrected chi connectivity index (χ4v) is 2.24. The molecule has 0 fully saturated rings. The van der Waals surface area contributed by atoms with Crippen molar-refractivity contribution in [3.8, 4) is 0 Å². The van der Waals surface area contributed by atoms with Gasteiger partial charge in [-0.1, -0.05) is 28.1 Å². The number of nitrogens with two attached hydrogens (primary N) is 2. The van der Waals surface area contributed by atoms with Crippen LogP contribution in [0.4, 0.5) is 10.2 Å². The van der Waals surface area contributed by atoms with Crippen LogP contribution >= 0.6 is 15.9 Å². The van der Waals surface area contributed by atoms with Crippen LogP contribution in [0.1, 0.15) is 17.2 Å². The zero-order valence-corrected chi connectivity index (χ0v) is 10.5. The van der Waals surface area contributed by atoms with E-state index in [1.807, 2.05) is 0 Å². The molecule has 0 bridgehead atoms. The van der Waals surface area contributed by atoms with Crippen molar-refractivity contribution in [1.82, 2.24) is 4.98 Å². The fourth-order valence-electron chi connectivity index (χ4n) is 1.66. The maximum Gasteiger partial charge on any atom is 0.129 e. The minimum Gasteiger partial charge on any atom is -0.383 e. The number of rotatable bonds is 2. The smallest absolute Gasteiger partial charge is 0.129 e. The molecule has 88 valence electrons. The van der Waals surface area contributed by atoms with Gasteiger partial charge in [-0.15, -0.1) is 0 Å². The normalized spacial score (nSPS) is 12.4. The van der Waals surface area contributed by atoms with Gasteiger partial charge in [-0.2, -0.15) is 0 Å². The quantitative estimate of drug-likeness (QED) is 0.895. The van der Waals surface area contributed by atoms with Gasteiger partial charge < -0.3 is 11.5 Å². The Labute approximate surface area is 107 Å². The highest BCUT2D eigenvalue weighted by Crippen LogP contribution is 2.30. The third-order valence-electron chi connectivity index (χ3n) is 2.52. The monoisotopic (exact) mass is 295 g/mol. The Kier molecular flexibility index (Phi) is 3.40. The predicted molar refractivity (Wildman–Crippen MR) is 68.8 cm³/mol. The molecular weight excluding hydrogens is 285 g/mol. The molecule has 1 unspecified atom stereocenters. The number of benzene rings is 1. The van der Waals surface area contributed by atoms with Gasteiger partial charge in [-0.25, -0.2) is 9.37 Å². The molecule has 2 aromatic rings. The number of aromatic nitrogens is 1. The van der Waals surface area contributed by atoms with E-state index in [0.29, 0.717) is 21.4 Å². The van der Waals surface area contributed by atoms with Gasteiger partial charge in [0.25, 0.3) is 0 Å². The minimum atomic E-state index is -0.640. The molecule has 0 aliphatic rings. The second-order valence-corrected chi connectivity index (χ2v) is 4.45. The summed E-state index contributed by atoms with van der Waals surface area (Å²) < 4.78 is 14.4. The van der Waals surface area contributed by atoms with E-state index in [2.05, 4.69) is 20.9 Å². The van der Waals surface area contributed by atoms with E-state index >= 15 is 0 Å². The summed E-state index contributed by atoms with van der Waals surface area (Å²) in [6.07, 6.45) is 1.57. The number of nitrogen functional groups attached to an aromatic ring is 1. The van der Waals surface area contributed by atoms with Crippen molar-refractivity contribution in [2.75, 3.05) is 5.73 Å². The molecule has 2 rings (SSSR count). The van der Waals surface area contributed by atoms with Crippen LogP contribution in [0.25, 0.3) is 0 Å². The molecule has 4 N–H and O–H groups in total. The summed E-state index contributed by atoms with van der Waals surface area (Å²) in [6, 6.07) is 7.55. The third-order valence-corrected chi connectivity index (χ3v) is 3.21. The fraction of sp³-hybridized carbons (Fsp3) is 0.0833. The zero-order valence-electron chi connectivity index (χ0n) is 8.90. The van der Waals surface area contributed by atoms with Gasteiger partial charge in [0.2, 0.25) is 0 Å². The number of anilines is 1. The Bertz CT molecular complexity index is 525. The van der Waals surface area contributed by atoms with E-state index in [9.17, 15) is 4.39 Å². The van der Waals surface area contributed by atoms with E-state index in [4.69, 9.17) is 11.5 Å². The molecule has 1 aromatic carbocycles. The molecule has 17 heavy (non-hydrogen) atoms. The van der Waals surface area contributed by atoms with Gasteiger partial charge in [0.15, 0.2) is 0 Å². The second-order valence-electron chi connectivity index (χ2n) is 3.59. The molecule has 1 heterocycles. The van der Waals surface area contributed by atoms with Gasteiger partial charge in [-0.3, -0.25) is 0 Å². The molecule has 0 saturated carbocycles. The van der Waals surface area contributed by atoms with E-state index < -0.39 is 6.04 Å². The molecule has 1 atom stereocenters. The first-order valence-electron chi connectivity index (χ1n) is 5.01. The summed E-state index contributed by atoms with van der Waals surface area (Å²) in [5.41, 5.74) is 12.8. The van der Waals surface area contributed by atoms with Crippen molar-refractivity contribution >= 4 is 21.7 Å². The molecule has 0 saturated heterocycles. The lowest BCUT2D eigenvalue weighted by Crippen LogP contribution is -2.16. The molecule has 5 heteroatoms. The highest BCUT2D eigenvalue weighted by molar-refractivity contribution is 9.10. The standard InChI is InChI=1S/C12H11BrFN3/c13-8-4-1-5-9(14)10(8)11(15)7-3-2-6-17-12(7)16/h1-6,11H,15H2,(H2,16,17). The molecular formula is C12H11BrFN3. The molecule has 3 nitrogen and oxygen atoms in total. The maximum atomic E-state index is 13.7.